The van der Waals surface area contributed by atoms with Crippen molar-refractivity contribution < 1.29 is 18.0 Å². The molecule has 0 aliphatic rings. The molecule has 0 fully saturated rings. The van der Waals surface area contributed by atoms with E-state index in [0.29, 0.717) is 5.69 Å². The monoisotopic (exact) mass is 519 g/mol. The normalized spacial score (nSPS) is 11.7. The maximum atomic E-state index is 13.2. The molecule has 0 spiro atoms. The van der Waals surface area contributed by atoms with Gasteiger partial charge in [-0.25, -0.2) is 0 Å². The van der Waals surface area contributed by atoms with Crippen molar-refractivity contribution in [2.75, 3.05) is 16.0 Å². The Morgan fingerprint density at radius 3 is 2.37 bits per heavy atom. The molecule has 2 aromatic heterocycles. The topological polar surface area (TPSA) is 62.5 Å². The average molecular weight is 520 g/mol. The number of rotatable bonds is 7. The zero-order chi connectivity index (χ0) is 25.2. The van der Waals surface area contributed by atoms with E-state index < -0.39 is 11.7 Å². The number of alkyl halides is 3. The number of nitrogens with one attached hydrogen (secondary N) is 1. The van der Waals surface area contributed by atoms with Crippen molar-refractivity contribution in [2.45, 2.75) is 31.2 Å². The molecule has 182 valence electrons. The molecule has 4 rings (SSSR count). The van der Waals surface area contributed by atoms with Gasteiger partial charge in [-0.2, -0.15) is 13.2 Å². The summed E-state index contributed by atoms with van der Waals surface area (Å²) in [5, 5.41) is 11.1. The highest BCUT2D eigenvalue weighted by molar-refractivity contribution is 7.99. The Bertz CT molecular complexity index is 1330. The Morgan fingerprint density at radius 1 is 1.09 bits per heavy atom. The number of fused-ring (bicyclic) bond motifs is 1. The lowest BCUT2D eigenvalue weighted by atomic mass is 10.2. The quantitative estimate of drug-likeness (QED) is 0.276. The van der Waals surface area contributed by atoms with Crippen molar-refractivity contribution in [2.24, 2.45) is 0 Å². The van der Waals surface area contributed by atoms with E-state index in [0.717, 1.165) is 39.8 Å². The summed E-state index contributed by atoms with van der Waals surface area (Å²) in [4.78, 5) is 14.7. The SMILES string of the molecule is CC(C)N(C(=O)CSc1nnc2c(Cl)cc(C(F)(F)F)cn12)c1ccc(Nc2ccccc2)cc1. The molecule has 35 heavy (non-hydrogen) atoms. The zero-order valence-electron chi connectivity index (χ0n) is 18.8. The van der Waals surface area contributed by atoms with Gasteiger partial charge in [0.2, 0.25) is 5.91 Å². The molecule has 4 aromatic rings. The standard InChI is InChI=1S/C24H21ClF3N5OS/c1-15(2)33(19-10-8-18(9-11-19)29-17-6-4-3-5-7-17)21(34)14-35-23-31-30-22-20(25)12-16(13-32(22)23)24(26,27)28/h3-13,15,29H,14H2,1-2H3. The molecule has 1 amide bonds. The molecule has 11 heteroatoms. The van der Waals surface area contributed by atoms with E-state index in [1.54, 1.807) is 4.90 Å². The first-order valence-electron chi connectivity index (χ1n) is 10.6. The van der Waals surface area contributed by atoms with Crippen LogP contribution in [0.1, 0.15) is 19.4 Å². The Labute approximate surface area is 209 Å². The van der Waals surface area contributed by atoms with Gasteiger partial charge >= 0.3 is 6.18 Å². The lowest BCUT2D eigenvalue weighted by Gasteiger charge is -2.27. The van der Waals surface area contributed by atoms with E-state index in [1.165, 1.54) is 0 Å². The summed E-state index contributed by atoms with van der Waals surface area (Å²) < 4.78 is 40.7. The first-order chi connectivity index (χ1) is 16.6. The van der Waals surface area contributed by atoms with Gasteiger partial charge < -0.3 is 10.2 Å². The Kier molecular flexibility index (Phi) is 7.23. The van der Waals surface area contributed by atoms with Crippen LogP contribution in [0.4, 0.5) is 30.2 Å². The van der Waals surface area contributed by atoms with Gasteiger partial charge in [-0.3, -0.25) is 9.20 Å². The van der Waals surface area contributed by atoms with Gasteiger partial charge in [0.1, 0.15) is 0 Å². The van der Waals surface area contributed by atoms with Crippen LogP contribution >= 0.6 is 23.4 Å². The number of thioether (sulfide) groups is 1. The minimum atomic E-state index is -4.57. The molecular weight excluding hydrogens is 499 g/mol. The molecule has 2 aromatic carbocycles. The summed E-state index contributed by atoms with van der Waals surface area (Å²) in [5.41, 5.74) is 1.70. The minimum absolute atomic E-state index is 0.0448. The number of amides is 1. The molecule has 0 aliphatic heterocycles. The first-order valence-corrected chi connectivity index (χ1v) is 12.0. The van der Waals surface area contributed by atoms with E-state index in [9.17, 15) is 18.0 Å². The lowest BCUT2D eigenvalue weighted by molar-refractivity contribution is -0.137. The van der Waals surface area contributed by atoms with Crippen LogP contribution in [0.2, 0.25) is 5.02 Å². The summed E-state index contributed by atoms with van der Waals surface area (Å²) in [7, 11) is 0. The number of carbonyl (C=O) groups excluding carboxylic acids is 1. The number of anilines is 3. The average Bonchev–Trinajstić information content (AvgIpc) is 3.22. The lowest BCUT2D eigenvalue weighted by Crippen LogP contribution is -2.38. The highest BCUT2D eigenvalue weighted by atomic mass is 35.5. The van der Waals surface area contributed by atoms with Crippen LogP contribution in [-0.2, 0) is 11.0 Å². The first kappa shape index (κ1) is 24.9. The van der Waals surface area contributed by atoms with Crippen LogP contribution in [0.5, 0.6) is 0 Å². The van der Waals surface area contributed by atoms with Crippen molar-refractivity contribution >= 4 is 52.0 Å². The van der Waals surface area contributed by atoms with Crippen molar-refractivity contribution in [3.63, 3.8) is 0 Å². The molecule has 1 N–H and O–H groups in total. The molecule has 0 unspecified atom stereocenters. The second kappa shape index (κ2) is 10.2. The fourth-order valence-corrected chi connectivity index (χ4v) is 4.52. The maximum Gasteiger partial charge on any atom is 0.417 e. The maximum absolute atomic E-state index is 13.2. The summed E-state index contributed by atoms with van der Waals surface area (Å²) >= 11 is 6.97. The Morgan fingerprint density at radius 2 is 1.74 bits per heavy atom. The number of nitrogens with zero attached hydrogens (tertiary/aromatic N) is 4. The number of pyridine rings is 1. The smallest absolute Gasteiger partial charge is 0.356 e. The van der Waals surface area contributed by atoms with Gasteiger partial charge in [0.25, 0.3) is 0 Å². The summed E-state index contributed by atoms with van der Waals surface area (Å²) in [5.74, 6) is -0.264. The second-order valence-electron chi connectivity index (χ2n) is 7.93. The molecule has 0 radical (unpaired) electrons. The molecular formula is C24H21ClF3N5OS. The molecule has 0 saturated heterocycles. The van der Waals surface area contributed by atoms with Gasteiger partial charge in [0.05, 0.1) is 16.3 Å². The van der Waals surface area contributed by atoms with Crippen molar-refractivity contribution in [3.8, 4) is 0 Å². The molecule has 0 bridgehead atoms. The number of para-hydroxylation sites is 1. The highest BCUT2D eigenvalue weighted by Crippen LogP contribution is 2.33. The van der Waals surface area contributed by atoms with Gasteiger partial charge in [0, 0.05) is 29.3 Å². The second-order valence-corrected chi connectivity index (χ2v) is 9.28. The van der Waals surface area contributed by atoms with Gasteiger partial charge in [-0.05, 0) is 56.3 Å². The highest BCUT2D eigenvalue weighted by Gasteiger charge is 2.32. The van der Waals surface area contributed by atoms with Gasteiger partial charge in [-0.15, -0.1) is 10.2 Å². The fourth-order valence-electron chi connectivity index (χ4n) is 3.51. The van der Waals surface area contributed by atoms with E-state index in [2.05, 4.69) is 15.5 Å². The zero-order valence-corrected chi connectivity index (χ0v) is 20.3. The molecule has 2 heterocycles. The van der Waals surface area contributed by atoms with Crippen LogP contribution in [0.15, 0.2) is 72.0 Å². The summed E-state index contributed by atoms with van der Waals surface area (Å²) in [6.07, 6.45) is -3.69. The summed E-state index contributed by atoms with van der Waals surface area (Å²) in [6, 6.07) is 17.8. The molecule has 0 atom stereocenters. The minimum Gasteiger partial charge on any atom is -0.356 e. The van der Waals surface area contributed by atoms with Crippen LogP contribution in [0.25, 0.3) is 5.65 Å². The third-order valence-corrected chi connectivity index (χ3v) is 6.28. The fraction of sp³-hybridized carbons (Fsp3) is 0.208. The number of hydrogen-bond acceptors (Lipinski definition) is 5. The molecule has 6 nitrogen and oxygen atoms in total. The number of aromatic nitrogens is 3. The Balaban J connectivity index is 1.50. The van der Waals surface area contributed by atoms with E-state index in [4.69, 9.17) is 11.6 Å². The largest absolute Gasteiger partial charge is 0.417 e. The van der Waals surface area contributed by atoms with Crippen LogP contribution in [-0.4, -0.2) is 32.3 Å². The van der Waals surface area contributed by atoms with Gasteiger partial charge in [0.15, 0.2) is 10.8 Å². The van der Waals surface area contributed by atoms with Crippen LogP contribution in [0, 0.1) is 0 Å². The molecule has 0 aliphatic carbocycles. The number of benzene rings is 2. The number of halogens is 4. The van der Waals surface area contributed by atoms with E-state index >= 15 is 0 Å². The third-order valence-electron chi connectivity index (χ3n) is 5.07. The Hall–Kier alpha value is -3.24. The van der Waals surface area contributed by atoms with Crippen molar-refractivity contribution in [3.05, 3.63) is 77.4 Å². The number of carbonyl (C=O) groups is 1. The van der Waals surface area contributed by atoms with Crippen LogP contribution < -0.4 is 10.2 Å². The third kappa shape index (κ3) is 5.71. The predicted octanol–water partition coefficient (Wildman–Crippen LogP) is 6.68. The van der Waals surface area contributed by atoms with Crippen molar-refractivity contribution in [1.82, 2.24) is 14.6 Å². The number of hydrogen-bond donors (Lipinski definition) is 1. The van der Waals surface area contributed by atoms with Gasteiger partial charge in [-0.1, -0.05) is 41.6 Å². The molecule has 0 saturated carbocycles. The van der Waals surface area contributed by atoms with Crippen molar-refractivity contribution in [1.29, 1.82) is 0 Å². The predicted molar refractivity (Wildman–Crippen MR) is 133 cm³/mol. The summed E-state index contributed by atoms with van der Waals surface area (Å²) in [6.45, 7) is 3.78. The van der Waals surface area contributed by atoms with E-state index in [1.807, 2.05) is 68.4 Å². The van der Waals surface area contributed by atoms with Crippen LogP contribution in [0.3, 0.4) is 0 Å². The van der Waals surface area contributed by atoms with E-state index in [-0.39, 0.29) is 33.5 Å².